The summed E-state index contributed by atoms with van der Waals surface area (Å²) < 4.78 is 0. The number of hydrogen-bond donors (Lipinski definition) is 1. The lowest BCUT2D eigenvalue weighted by Gasteiger charge is -2.16. The van der Waals surface area contributed by atoms with Gasteiger partial charge < -0.3 is 5.11 Å². The minimum absolute atomic E-state index is 0.452. The Morgan fingerprint density at radius 2 is 1.55 bits per heavy atom. The van der Waals surface area contributed by atoms with Gasteiger partial charge in [0.15, 0.2) is 0 Å². The number of unbranched alkanes of at least 4 members (excludes halogenated alkanes) is 4. The summed E-state index contributed by atoms with van der Waals surface area (Å²) in [5, 5.41) is 9.37. The van der Waals surface area contributed by atoms with Crippen molar-refractivity contribution in [3.63, 3.8) is 0 Å². The van der Waals surface area contributed by atoms with Crippen molar-refractivity contribution in [3.05, 3.63) is 0 Å². The first-order valence-electron chi connectivity index (χ1n) is 4.78. The molecule has 0 heterocycles. The molecule has 0 fully saturated rings. The highest BCUT2D eigenvalue weighted by atomic mass is 16.3. The Labute approximate surface area is 70.8 Å². The molecular formula is C10H22O. The van der Waals surface area contributed by atoms with Crippen LogP contribution in [0.4, 0.5) is 0 Å². The fraction of sp³-hybridized carbons (Fsp3) is 1.00. The van der Waals surface area contributed by atoms with Crippen molar-refractivity contribution in [1.82, 2.24) is 0 Å². The molecule has 0 aromatic rings. The summed E-state index contributed by atoms with van der Waals surface area (Å²) in [6.45, 7) is 5.98. The molecule has 0 amide bonds. The van der Waals surface area contributed by atoms with E-state index in [1.165, 1.54) is 32.1 Å². The molecule has 0 saturated heterocycles. The van der Waals surface area contributed by atoms with Gasteiger partial charge in [-0.3, -0.25) is 0 Å². The van der Waals surface area contributed by atoms with Gasteiger partial charge in [-0.1, -0.05) is 39.0 Å². The van der Waals surface area contributed by atoms with E-state index in [1.807, 2.05) is 13.8 Å². The van der Waals surface area contributed by atoms with Crippen molar-refractivity contribution in [1.29, 1.82) is 0 Å². The van der Waals surface area contributed by atoms with Gasteiger partial charge in [-0.2, -0.15) is 0 Å². The van der Waals surface area contributed by atoms with Crippen molar-refractivity contribution in [2.75, 3.05) is 0 Å². The lowest BCUT2D eigenvalue weighted by Crippen LogP contribution is -2.17. The van der Waals surface area contributed by atoms with Gasteiger partial charge in [-0.15, -0.1) is 0 Å². The number of aliphatic hydroxyl groups is 1. The molecule has 0 aliphatic carbocycles. The third-order valence-electron chi connectivity index (χ3n) is 1.89. The molecule has 0 saturated carbocycles. The Bertz CT molecular complexity index is 81.4. The van der Waals surface area contributed by atoms with E-state index in [4.69, 9.17) is 0 Å². The van der Waals surface area contributed by atoms with Crippen molar-refractivity contribution in [2.45, 2.75) is 64.9 Å². The second-order valence-corrected chi connectivity index (χ2v) is 3.98. The number of rotatable bonds is 6. The molecule has 68 valence electrons. The highest BCUT2D eigenvalue weighted by molar-refractivity contribution is 4.64. The minimum Gasteiger partial charge on any atom is -0.390 e. The Hall–Kier alpha value is -0.0400. The maximum atomic E-state index is 9.37. The van der Waals surface area contributed by atoms with E-state index in [9.17, 15) is 5.11 Å². The van der Waals surface area contributed by atoms with Crippen molar-refractivity contribution in [3.8, 4) is 0 Å². The summed E-state index contributed by atoms with van der Waals surface area (Å²) >= 11 is 0. The van der Waals surface area contributed by atoms with Crippen LogP contribution in [0, 0.1) is 0 Å². The van der Waals surface area contributed by atoms with E-state index in [2.05, 4.69) is 6.92 Å². The molecule has 0 bridgehead atoms. The predicted octanol–water partition coefficient (Wildman–Crippen LogP) is 3.12. The van der Waals surface area contributed by atoms with Crippen LogP contribution in [0.1, 0.15) is 59.3 Å². The average Bonchev–Trinajstić information content (AvgIpc) is 1.85. The summed E-state index contributed by atoms with van der Waals surface area (Å²) in [7, 11) is 0. The van der Waals surface area contributed by atoms with Crippen LogP contribution in [0.5, 0.6) is 0 Å². The molecule has 0 radical (unpaired) electrons. The van der Waals surface area contributed by atoms with Crippen LogP contribution in [0.3, 0.4) is 0 Å². The van der Waals surface area contributed by atoms with Crippen molar-refractivity contribution in [2.24, 2.45) is 0 Å². The predicted molar refractivity (Wildman–Crippen MR) is 49.7 cm³/mol. The van der Waals surface area contributed by atoms with Gasteiger partial charge in [0.1, 0.15) is 0 Å². The minimum atomic E-state index is -0.452. The van der Waals surface area contributed by atoms with Crippen LogP contribution < -0.4 is 0 Å². The first-order chi connectivity index (χ1) is 5.06. The van der Waals surface area contributed by atoms with Crippen LogP contribution in [-0.2, 0) is 0 Å². The average molecular weight is 158 g/mol. The Morgan fingerprint density at radius 1 is 1.00 bits per heavy atom. The van der Waals surface area contributed by atoms with E-state index in [0.717, 1.165) is 6.42 Å². The summed E-state index contributed by atoms with van der Waals surface area (Å²) in [5.74, 6) is 0. The van der Waals surface area contributed by atoms with Gasteiger partial charge in [0, 0.05) is 0 Å². The summed E-state index contributed by atoms with van der Waals surface area (Å²) in [4.78, 5) is 0. The molecule has 1 N–H and O–H groups in total. The van der Waals surface area contributed by atoms with Crippen LogP contribution in [0.15, 0.2) is 0 Å². The summed E-state index contributed by atoms with van der Waals surface area (Å²) in [6.07, 6.45) is 7.35. The normalized spacial score (nSPS) is 12.0. The first kappa shape index (κ1) is 11.0. The van der Waals surface area contributed by atoms with E-state index in [-0.39, 0.29) is 0 Å². The Kier molecular flexibility index (Phi) is 5.57. The highest BCUT2D eigenvalue weighted by Gasteiger charge is 2.10. The van der Waals surface area contributed by atoms with Gasteiger partial charge in [-0.05, 0) is 20.3 Å². The first-order valence-corrected chi connectivity index (χ1v) is 4.78. The lowest BCUT2D eigenvalue weighted by molar-refractivity contribution is 0.0680. The summed E-state index contributed by atoms with van der Waals surface area (Å²) in [6, 6.07) is 0. The third kappa shape index (κ3) is 9.96. The second-order valence-electron chi connectivity index (χ2n) is 3.98. The third-order valence-corrected chi connectivity index (χ3v) is 1.89. The molecule has 1 nitrogen and oxygen atoms in total. The zero-order valence-electron chi connectivity index (χ0n) is 8.19. The molecule has 0 rings (SSSR count). The van der Waals surface area contributed by atoms with Crippen LogP contribution >= 0.6 is 0 Å². The van der Waals surface area contributed by atoms with E-state index < -0.39 is 5.60 Å². The molecule has 0 atom stereocenters. The standard InChI is InChI=1S/C10H22O/c1-4-5-6-7-8-9-10(2,3)11/h11H,4-9H2,1-3H3. The van der Waals surface area contributed by atoms with Crippen LogP contribution in [0.25, 0.3) is 0 Å². The monoisotopic (exact) mass is 158 g/mol. The lowest BCUT2D eigenvalue weighted by atomic mass is 10.0. The maximum Gasteiger partial charge on any atom is 0.0591 e. The van der Waals surface area contributed by atoms with Gasteiger partial charge in [0.05, 0.1) is 5.60 Å². The van der Waals surface area contributed by atoms with Crippen LogP contribution in [0.2, 0.25) is 0 Å². The van der Waals surface area contributed by atoms with Gasteiger partial charge in [0.2, 0.25) is 0 Å². The zero-order chi connectivity index (χ0) is 8.74. The molecule has 0 aromatic carbocycles. The van der Waals surface area contributed by atoms with Crippen molar-refractivity contribution >= 4 is 0 Å². The fourth-order valence-corrected chi connectivity index (χ4v) is 1.16. The van der Waals surface area contributed by atoms with Gasteiger partial charge in [0.25, 0.3) is 0 Å². The van der Waals surface area contributed by atoms with E-state index in [0.29, 0.717) is 0 Å². The Morgan fingerprint density at radius 3 is 2.00 bits per heavy atom. The molecule has 0 aliphatic rings. The SMILES string of the molecule is CCCCCCCC(C)(C)O. The number of hydrogen-bond acceptors (Lipinski definition) is 1. The second kappa shape index (κ2) is 5.59. The smallest absolute Gasteiger partial charge is 0.0591 e. The van der Waals surface area contributed by atoms with Crippen LogP contribution in [-0.4, -0.2) is 10.7 Å². The van der Waals surface area contributed by atoms with Gasteiger partial charge in [-0.25, -0.2) is 0 Å². The molecule has 0 aromatic heterocycles. The maximum absolute atomic E-state index is 9.37. The van der Waals surface area contributed by atoms with Gasteiger partial charge >= 0.3 is 0 Å². The quantitative estimate of drug-likeness (QED) is 0.589. The molecule has 0 aliphatic heterocycles. The molecule has 11 heavy (non-hydrogen) atoms. The van der Waals surface area contributed by atoms with Crippen molar-refractivity contribution < 1.29 is 5.11 Å². The topological polar surface area (TPSA) is 20.2 Å². The summed E-state index contributed by atoms with van der Waals surface area (Å²) in [5.41, 5.74) is -0.452. The molecular weight excluding hydrogens is 136 g/mol. The van der Waals surface area contributed by atoms with E-state index >= 15 is 0 Å². The molecule has 0 spiro atoms. The highest BCUT2D eigenvalue weighted by Crippen LogP contribution is 2.13. The zero-order valence-corrected chi connectivity index (χ0v) is 8.19. The Balaban J connectivity index is 3.02. The molecule has 1 heteroatoms. The largest absolute Gasteiger partial charge is 0.390 e. The van der Waals surface area contributed by atoms with E-state index in [1.54, 1.807) is 0 Å². The molecule has 0 unspecified atom stereocenters. The fourth-order valence-electron chi connectivity index (χ4n) is 1.16.